The van der Waals surface area contributed by atoms with E-state index in [0.717, 1.165) is 44.0 Å². The van der Waals surface area contributed by atoms with E-state index in [1.807, 2.05) is 16.8 Å². The highest BCUT2D eigenvalue weighted by atomic mass is 16.3. The molecule has 3 aliphatic rings. The van der Waals surface area contributed by atoms with Crippen molar-refractivity contribution in [2.24, 2.45) is 5.92 Å². The standard InChI is InChI=1S/C18H22N4O2/c23-14-6-13(7-14)21-4-3-20-17(21)15-1-2-16-12-5-11(8-19-9-12)10-22(16)18(15)24/h1-4,11-14,19,23H,5-10H2/t11-,12+,13?,14?/m0/s1. The Morgan fingerprint density at radius 2 is 2.08 bits per heavy atom. The van der Waals surface area contributed by atoms with Crippen LogP contribution in [-0.2, 0) is 6.54 Å². The van der Waals surface area contributed by atoms with Crippen LogP contribution < -0.4 is 10.9 Å². The zero-order valence-electron chi connectivity index (χ0n) is 13.6. The van der Waals surface area contributed by atoms with Crippen LogP contribution in [0, 0.1) is 5.92 Å². The maximum atomic E-state index is 13.1. The molecule has 1 saturated carbocycles. The Hall–Kier alpha value is -1.92. The van der Waals surface area contributed by atoms with Crippen LogP contribution in [0.25, 0.3) is 11.4 Å². The molecule has 0 amide bonds. The lowest BCUT2D eigenvalue weighted by atomic mass is 9.84. The van der Waals surface area contributed by atoms with Crippen LogP contribution in [0.4, 0.5) is 0 Å². The Bertz CT molecular complexity index is 834. The van der Waals surface area contributed by atoms with E-state index in [-0.39, 0.29) is 17.7 Å². The lowest BCUT2D eigenvalue weighted by Crippen LogP contribution is -2.45. The number of pyridine rings is 1. The summed E-state index contributed by atoms with van der Waals surface area (Å²) in [4.78, 5) is 17.6. The molecular formula is C18H22N4O2. The number of rotatable bonds is 2. The SMILES string of the molecule is O=c1c(-c2nccn2C2CC(O)C2)ccc2n1C[C@@H]1CNC[C@H]2C1. The van der Waals surface area contributed by atoms with E-state index in [9.17, 15) is 9.90 Å². The Labute approximate surface area is 140 Å². The fourth-order valence-corrected chi connectivity index (χ4v) is 4.56. The molecule has 126 valence electrons. The predicted molar refractivity (Wildman–Crippen MR) is 89.9 cm³/mol. The zero-order valence-corrected chi connectivity index (χ0v) is 13.6. The number of piperidine rings is 1. The number of nitrogens with zero attached hydrogens (tertiary/aromatic N) is 3. The van der Waals surface area contributed by atoms with E-state index < -0.39 is 0 Å². The lowest BCUT2D eigenvalue weighted by Gasteiger charge is -2.37. The molecule has 2 bridgehead atoms. The third-order valence-corrected chi connectivity index (χ3v) is 5.90. The first-order chi connectivity index (χ1) is 11.7. The van der Waals surface area contributed by atoms with E-state index in [1.165, 1.54) is 6.42 Å². The normalized spacial score (nSPS) is 31.4. The van der Waals surface area contributed by atoms with Gasteiger partial charge >= 0.3 is 0 Å². The van der Waals surface area contributed by atoms with Crippen LogP contribution >= 0.6 is 0 Å². The number of aliphatic hydroxyl groups is 1. The summed E-state index contributed by atoms with van der Waals surface area (Å²) in [5.41, 5.74) is 1.92. The highest BCUT2D eigenvalue weighted by Gasteiger charge is 2.33. The van der Waals surface area contributed by atoms with Gasteiger partial charge in [-0.15, -0.1) is 0 Å². The number of hydrogen-bond acceptors (Lipinski definition) is 4. The number of hydrogen-bond donors (Lipinski definition) is 2. The van der Waals surface area contributed by atoms with Crippen LogP contribution in [0.15, 0.2) is 29.3 Å². The van der Waals surface area contributed by atoms with Crippen molar-refractivity contribution in [1.82, 2.24) is 19.4 Å². The molecule has 5 rings (SSSR count). The van der Waals surface area contributed by atoms with Crippen molar-refractivity contribution in [3.05, 3.63) is 40.6 Å². The second-order valence-corrected chi connectivity index (χ2v) is 7.48. The van der Waals surface area contributed by atoms with Crippen LogP contribution in [-0.4, -0.2) is 38.4 Å². The second kappa shape index (κ2) is 5.29. The molecule has 6 heteroatoms. The van der Waals surface area contributed by atoms with Gasteiger partial charge in [-0.3, -0.25) is 4.79 Å². The summed E-state index contributed by atoms with van der Waals surface area (Å²) in [6.07, 6.45) is 6.12. The second-order valence-electron chi connectivity index (χ2n) is 7.48. The van der Waals surface area contributed by atoms with Gasteiger partial charge in [-0.2, -0.15) is 0 Å². The summed E-state index contributed by atoms with van der Waals surface area (Å²) in [5, 5.41) is 13.1. The first-order valence-electron chi connectivity index (χ1n) is 8.86. The molecule has 0 spiro atoms. The van der Waals surface area contributed by atoms with E-state index in [1.54, 1.807) is 6.20 Å². The highest BCUT2D eigenvalue weighted by molar-refractivity contribution is 5.55. The molecule has 2 aromatic heterocycles. The fraction of sp³-hybridized carbons (Fsp3) is 0.556. The molecule has 1 saturated heterocycles. The third-order valence-electron chi connectivity index (χ3n) is 5.90. The smallest absolute Gasteiger partial charge is 0.261 e. The van der Waals surface area contributed by atoms with Gasteiger partial charge in [-0.25, -0.2) is 4.98 Å². The number of aliphatic hydroxyl groups excluding tert-OH is 1. The Kier molecular flexibility index (Phi) is 3.18. The van der Waals surface area contributed by atoms with Crippen molar-refractivity contribution in [2.75, 3.05) is 13.1 Å². The number of aromatic nitrogens is 3. The van der Waals surface area contributed by atoms with Crippen molar-refractivity contribution in [3.63, 3.8) is 0 Å². The van der Waals surface area contributed by atoms with Crippen LogP contribution in [0.3, 0.4) is 0 Å². The maximum Gasteiger partial charge on any atom is 0.261 e. The Morgan fingerprint density at radius 1 is 1.21 bits per heavy atom. The first kappa shape index (κ1) is 14.4. The minimum Gasteiger partial charge on any atom is -0.393 e. The molecule has 6 nitrogen and oxygen atoms in total. The van der Waals surface area contributed by atoms with Crippen molar-refractivity contribution in [3.8, 4) is 11.4 Å². The molecule has 2 atom stereocenters. The van der Waals surface area contributed by atoms with Gasteiger partial charge in [0.25, 0.3) is 5.56 Å². The predicted octanol–water partition coefficient (Wildman–Crippen LogP) is 1.11. The van der Waals surface area contributed by atoms with Gasteiger partial charge in [0.05, 0.1) is 11.7 Å². The average molecular weight is 326 g/mol. The quantitative estimate of drug-likeness (QED) is 0.867. The molecule has 2 aliphatic heterocycles. The average Bonchev–Trinajstić information content (AvgIpc) is 3.02. The largest absolute Gasteiger partial charge is 0.393 e. The van der Waals surface area contributed by atoms with Gasteiger partial charge in [0.15, 0.2) is 0 Å². The van der Waals surface area contributed by atoms with Gasteiger partial charge in [0.2, 0.25) is 0 Å². The van der Waals surface area contributed by atoms with E-state index >= 15 is 0 Å². The molecule has 24 heavy (non-hydrogen) atoms. The van der Waals surface area contributed by atoms with Crippen LogP contribution in [0.5, 0.6) is 0 Å². The summed E-state index contributed by atoms with van der Waals surface area (Å²) in [6.45, 7) is 2.76. The van der Waals surface area contributed by atoms with Crippen molar-refractivity contribution < 1.29 is 5.11 Å². The molecule has 2 fully saturated rings. The minimum atomic E-state index is -0.221. The molecule has 0 unspecified atom stereocenters. The van der Waals surface area contributed by atoms with E-state index in [2.05, 4.69) is 20.9 Å². The topological polar surface area (TPSA) is 72.1 Å². The summed E-state index contributed by atoms with van der Waals surface area (Å²) in [5.74, 6) is 1.73. The zero-order chi connectivity index (χ0) is 16.3. The Morgan fingerprint density at radius 3 is 2.92 bits per heavy atom. The number of imidazole rings is 1. The summed E-state index contributed by atoms with van der Waals surface area (Å²) < 4.78 is 4.03. The molecule has 0 aromatic carbocycles. The summed E-state index contributed by atoms with van der Waals surface area (Å²) >= 11 is 0. The maximum absolute atomic E-state index is 13.1. The van der Waals surface area contributed by atoms with Crippen molar-refractivity contribution in [1.29, 1.82) is 0 Å². The highest BCUT2D eigenvalue weighted by Crippen LogP contribution is 2.36. The molecule has 0 radical (unpaired) electrons. The van der Waals surface area contributed by atoms with E-state index in [0.29, 0.717) is 17.4 Å². The first-order valence-corrected chi connectivity index (χ1v) is 8.86. The number of nitrogens with one attached hydrogen (secondary N) is 1. The van der Waals surface area contributed by atoms with Gasteiger partial charge < -0.3 is 19.6 Å². The molecule has 4 heterocycles. The Balaban J connectivity index is 1.58. The van der Waals surface area contributed by atoms with E-state index in [4.69, 9.17) is 0 Å². The molecule has 2 aromatic rings. The van der Waals surface area contributed by atoms with Crippen LogP contribution in [0.2, 0.25) is 0 Å². The molecule has 1 aliphatic carbocycles. The lowest BCUT2D eigenvalue weighted by molar-refractivity contribution is 0.0492. The van der Waals surface area contributed by atoms with Gasteiger partial charge in [-0.1, -0.05) is 0 Å². The monoisotopic (exact) mass is 326 g/mol. The van der Waals surface area contributed by atoms with Crippen molar-refractivity contribution in [2.45, 2.75) is 43.9 Å². The van der Waals surface area contributed by atoms with Crippen LogP contribution in [0.1, 0.15) is 36.9 Å². The number of fused-ring (bicyclic) bond motifs is 4. The fourth-order valence-electron chi connectivity index (χ4n) is 4.56. The van der Waals surface area contributed by atoms with Gasteiger partial charge in [-0.05, 0) is 43.9 Å². The van der Waals surface area contributed by atoms with Crippen molar-refractivity contribution >= 4 is 0 Å². The molecule has 2 N–H and O–H groups in total. The van der Waals surface area contributed by atoms with Gasteiger partial charge in [0, 0.05) is 43.1 Å². The molecular weight excluding hydrogens is 304 g/mol. The minimum absolute atomic E-state index is 0.0800. The third kappa shape index (κ3) is 2.09. The van der Waals surface area contributed by atoms with Gasteiger partial charge in [0.1, 0.15) is 5.82 Å². The summed E-state index contributed by atoms with van der Waals surface area (Å²) in [7, 11) is 0. The summed E-state index contributed by atoms with van der Waals surface area (Å²) in [6, 6.07) is 4.30.